The highest BCUT2D eigenvalue weighted by molar-refractivity contribution is 5.66. The van der Waals surface area contributed by atoms with Crippen molar-refractivity contribution < 1.29 is 19.7 Å². The number of carbonyl (C=O) groups is 1. The molecular formula is C27H42O4. The summed E-state index contributed by atoms with van der Waals surface area (Å²) in [7, 11) is 0. The molecule has 0 aromatic rings. The molecule has 5 saturated carbocycles. The zero-order chi connectivity index (χ0) is 21.8. The van der Waals surface area contributed by atoms with E-state index in [0.29, 0.717) is 40.6 Å². The molecule has 174 valence electrons. The van der Waals surface area contributed by atoms with E-state index in [0.717, 1.165) is 24.7 Å². The molecule has 7 unspecified atom stereocenters. The van der Waals surface area contributed by atoms with Gasteiger partial charge in [-0.15, -0.1) is 0 Å². The fourth-order valence-electron chi connectivity index (χ4n) is 10.8. The molecule has 31 heavy (non-hydrogen) atoms. The number of fused-ring (bicyclic) bond motifs is 4. The Hall–Kier alpha value is -0.610. The van der Waals surface area contributed by atoms with Crippen LogP contribution in [-0.2, 0) is 9.53 Å². The third-order valence-corrected chi connectivity index (χ3v) is 12.3. The van der Waals surface area contributed by atoms with Gasteiger partial charge in [0.05, 0.1) is 18.3 Å². The van der Waals surface area contributed by atoms with Gasteiger partial charge in [0.25, 0.3) is 0 Å². The van der Waals surface area contributed by atoms with Crippen LogP contribution in [0.5, 0.6) is 0 Å². The Morgan fingerprint density at radius 2 is 1.71 bits per heavy atom. The van der Waals surface area contributed by atoms with Crippen molar-refractivity contribution >= 4 is 5.97 Å². The molecule has 6 fully saturated rings. The lowest BCUT2D eigenvalue weighted by Crippen LogP contribution is -2.54. The molecule has 0 aromatic carbocycles. The van der Waals surface area contributed by atoms with Crippen molar-refractivity contribution in [3.8, 4) is 0 Å². The molecule has 5 aliphatic carbocycles. The van der Waals surface area contributed by atoms with Crippen molar-refractivity contribution in [2.75, 3.05) is 0 Å². The van der Waals surface area contributed by atoms with Crippen LogP contribution < -0.4 is 0 Å². The Kier molecular flexibility index (Phi) is 4.39. The lowest BCUT2D eigenvalue weighted by molar-refractivity contribution is -0.140. The first kappa shape index (κ1) is 21.0. The third-order valence-electron chi connectivity index (χ3n) is 12.3. The van der Waals surface area contributed by atoms with E-state index in [1.807, 2.05) is 0 Å². The lowest BCUT2D eigenvalue weighted by Gasteiger charge is -2.59. The highest BCUT2D eigenvalue weighted by Gasteiger charge is 2.80. The average molecular weight is 431 g/mol. The second kappa shape index (κ2) is 6.50. The summed E-state index contributed by atoms with van der Waals surface area (Å²) in [5, 5.41) is 19.9. The van der Waals surface area contributed by atoms with Gasteiger partial charge in [-0.2, -0.15) is 0 Å². The topological polar surface area (TPSA) is 66.8 Å². The molecule has 1 aliphatic heterocycles. The summed E-state index contributed by atoms with van der Waals surface area (Å²) in [4.78, 5) is 11.0. The fraction of sp³-hybridized carbons (Fsp3) is 0.963. The molecular weight excluding hydrogens is 388 g/mol. The van der Waals surface area contributed by atoms with Crippen LogP contribution in [0.1, 0.15) is 97.8 Å². The number of aliphatic hydroxyl groups excluding tert-OH is 1. The van der Waals surface area contributed by atoms with Gasteiger partial charge in [-0.1, -0.05) is 20.8 Å². The number of rotatable bonds is 3. The minimum absolute atomic E-state index is 0.0671. The maximum absolute atomic E-state index is 11.0. The van der Waals surface area contributed by atoms with Crippen LogP contribution in [0.2, 0.25) is 0 Å². The summed E-state index contributed by atoms with van der Waals surface area (Å²) in [6.45, 7) is 7.28. The minimum atomic E-state index is -0.698. The van der Waals surface area contributed by atoms with Crippen LogP contribution in [0.4, 0.5) is 0 Å². The first-order valence-corrected chi connectivity index (χ1v) is 13.2. The van der Waals surface area contributed by atoms with Crippen LogP contribution in [-0.4, -0.2) is 34.5 Å². The van der Waals surface area contributed by atoms with Crippen LogP contribution in [0, 0.1) is 45.3 Å². The number of carboxylic acids is 1. The molecule has 4 nitrogen and oxygen atoms in total. The predicted octanol–water partition coefficient (Wildman–Crippen LogP) is 5.42. The van der Waals surface area contributed by atoms with Gasteiger partial charge in [-0.25, -0.2) is 0 Å². The van der Waals surface area contributed by atoms with Gasteiger partial charge in [0, 0.05) is 6.42 Å². The van der Waals surface area contributed by atoms with E-state index in [1.54, 1.807) is 0 Å². The summed E-state index contributed by atoms with van der Waals surface area (Å²) in [5.41, 5.74) is 1.54. The van der Waals surface area contributed by atoms with Crippen LogP contribution in [0.15, 0.2) is 0 Å². The number of carboxylic acid groups (broad SMARTS) is 1. The molecule has 1 heterocycles. The maximum Gasteiger partial charge on any atom is 0.303 e. The van der Waals surface area contributed by atoms with Crippen molar-refractivity contribution in [2.45, 2.75) is 116 Å². The normalized spacial score (nSPS) is 56.5. The Labute approximate surface area is 187 Å². The molecule has 0 bridgehead atoms. The fourth-order valence-corrected chi connectivity index (χ4v) is 10.8. The summed E-state index contributed by atoms with van der Waals surface area (Å²) < 4.78 is 6.60. The summed E-state index contributed by atoms with van der Waals surface area (Å²) >= 11 is 0. The van der Waals surface area contributed by atoms with E-state index in [4.69, 9.17) is 9.84 Å². The molecule has 6 rings (SSSR count). The average Bonchev–Trinajstić information content (AvgIpc) is 3.30. The summed E-state index contributed by atoms with van der Waals surface area (Å²) in [6, 6.07) is 0. The number of hydrogen-bond donors (Lipinski definition) is 2. The molecule has 0 aromatic heterocycles. The zero-order valence-electron chi connectivity index (χ0n) is 19.7. The minimum Gasteiger partial charge on any atom is -0.481 e. The van der Waals surface area contributed by atoms with E-state index in [9.17, 15) is 9.90 Å². The van der Waals surface area contributed by atoms with Gasteiger partial charge in [0.2, 0.25) is 0 Å². The van der Waals surface area contributed by atoms with Crippen molar-refractivity contribution in [3.63, 3.8) is 0 Å². The second-order valence-electron chi connectivity index (χ2n) is 13.4. The Morgan fingerprint density at radius 3 is 2.48 bits per heavy atom. The highest BCUT2D eigenvalue weighted by Crippen LogP contribution is 2.87. The van der Waals surface area contributed by atoms with Crippen molar-refractivity contribution in [2.24, 2.45) is 45.3 Å². The van der Waals surface area contributed by atoms with E-state index >= 15 is 0 Å². The van der Waals surface area contributed by atoms with E-state index < -0.39 is 5.97 Å². The van der Waals surface area contributed by atoms with Crippen LogP contribution in [0.25, 0.3) is 0 Å². The number of hydrogen-bond acceptors (Lipinski definition) is 3. The van der Waals surface area contributed by atoms with Gasteiger partial charge in [-0.3, -0.25) is 4.79 Å². The monoisotopic (exact) mass is 430 g/mol. The Morgan fingerprint density at radius 1 is 0.935 bits per heavy atom. The number of aliphatic hydroxyl groups is 1. The van der Waals surface area contributed by atoms with Crippen LogP contribution in [0.3, 0.4) is 0 Å². The highest BCUT2D eigenvalue weighted by atomic mass is 16.5. The first-order chi connectivity index (χ1) is 14.6. The smallest absolute Gasteiger partial charge is 0.303 e. The zero-order valence-corrected chi connectivity index (χ0v) is 19.7. The number of ether oxygens (including phenoxy) is 1. The predicted molar refractivity (Wildman–Crippen MR) is 118 cm³/mol. The standard InChI is InChI=1S/C27H42O4/c1-24(2)21-8-7-17-19-14-20-18(6-4-16(31-20)5-9-23(29)30)25(19,3)12-13-26(17)15-27(21,26)11-10-22(24)28/h16-22,28H,4-15H2,1-3H3,(H,29,30)/t16?,17?,18?,19?,20?,21?,22-,25+,26-,27?/m0/s1. The second-order valence-corrected chi connectivity index (χ2v) is 13.4. The van der Waals surface area contributed by atoms with E-state index in [-0.39, 0.29) is 24.0 Å². The Balaban J connectivity index is 1.24. The molecule has 0 radical (unpaired) electrons. The summed E-state index contributed by atoms with van der Waals surface area (Å²) in [6.07, 6.45) is 13.9. The van der Waals surface area contributed by atoms with E-state index in [1.165, 1.54) is 51.4 Å². The molecule has 2 N–H and O–H groups in total. The molecule has 1 saturated heterocycles. The Bertz CT molecular complexity index is 777. The maximum atomic E-state index is 11.0. The SMILES string of the molecule is CC1(C)C2CCC3C4CC5OC(CCC(=O)O)CCC5[C@@]4(C)CC[C@]34CC24CC[C@@H]1O. The van der Waals surface area contributed by atoms with Gasteiger partial charge in [0.1, 0.15) is 0 Å². The van der Waals surface area contributed by atoms with Crippen molar-refractivity contribution in [1.29, 1.82) is 0 Å². The van der Waals surface area contributed by atoms with Gasteiger partial charge in [0.15, 0.2) is 0 Å². The van der Waals surface area contributed by atoms with Crippen LogP contribution >= 0.6 is 0 Å². The first-order valence-electron chi connectivity index (χ1n) is 13.2. The van der Waals surface area contributed by atoms with Crippen molar-refractivity contribution in [3.05, 3.63) is 0 Å². The lowest BCUT2D eigenvalue weighted by atomic mass is 9.46. The quantitative estimate of drug-likeness (QED) is 0.627. The number of aliphatic carboxylic acids is 1. The summed E-state index contributed by atoms with van der Waals surface area (Å²) in [5.74, 6) is 2.30. The van der Waals surface area contributed by atoms with Crippen molar-refractivity contribution in [1.82, 2.24) is 0 Å². The van der Waals surface area contributed by atoms with Gasteiger partial charge < -0.3 is 14.9 Å². The van der Waals surface area contributed by atoms with Gasteiger partial charge in [-0.05, 0) is 116 Å². The molecule has 0 amide bonds. The molecule has 4 heteroatoms. The van der Waals surface area contributed by atoms with Gasteiger partial charge >= 0.3 is 5.97 Å². The third kappa shape index (κ3) is 2.58. The molecule has 6 aliphatic rings. The van der Waals surface area contributed by atoms with E-state index in [2.05, 4.69) is 20.8 Å². The molecule has 10 atom stereocenters. The largest absolute Gasteiger partial charge is 0.481 e. The molecule has 2 spiro atoms.